The van der Waals surface area contributed by atoms with Gasteiger partial charge in [0.25, 0.3) is 5.91 Å². The van der Waals surface area contributed by atoms with E-state index >= 15 is 0 Å². The van der Waals surface area contributed by atoms with Gasteiger partial charge in [-0.1, -0.05) is 29.8 Å². The van der Waals surface area contributed by atoms with E-state index in [0.717, 1.165) is 0 Å². The summed E-state index contributed by atoms with van der Waals surface area (Å²) in [5.41, 5.74) is 7.26. The Morgan fingerprint density at radius 1 is 1.23 bits per heavy atom. The Balaban J connectivity index is 1.79. The predicted octanol–water partition coefficient (Wildman–Crippen LogP) is 2.86. The molecule has 0 bridgehead atoms. The second kappa shape index (κ2) is 5.87. The van der Waals surface area contributed by atoms with Crippen LogP contribution in [0.3, 0.4) is 0 Å². The van der Waals surface area contributed by atoms with Crippen LogP contribution in [0.15, 0.2) is 57.9 Å². The van der Waals surface area contributed by atoms with Crippen molar-refractivity contribution in [2.45, 2.75) is 0 Å². The number of nitrogens with zero attached hydrogens (tertiary/aromatic N) is 2. The second-order valence-corrected chi connectivity index (χ2v) is 4.86. The van der Waals surface area contributed by atoms with Crippen LogP contribution in [0.5, 0.6) is 0 Å². The summed E-state index contributed by atoms with van der Waals surface area (Å²) in [5, 5.41) is 3.01. The van der Waals surface area contributed by atoms with Crippen LogP contribution in [-0.2, 0) is 0 Å². The Kier molecular flexibility index (Phi) is 3.76. The third kappa shape index (κ3) is 3.07. The zero-order valence-electron chi connectivity index (χ0n) is 11.3. The van der Waals surface area contributed by atoms with Gasteiger partial charge >= 0.3 is 6.01 Å². The number of amides is 1. The topological polar surface area (TPSA) is 93.5 Å². The first kappa shape index (κ1) is 14.1. The van der Waals surface area contributed by atoms with Crippen molar-refractivity contribution in [3.63, 3.8) is 0 Å². The standard InChI is InChI=1S/C15H11ClN4O2/c16-10-6-7-12-11(8-10)18-15(22-12)20-14(17)19-13(21)9-4-2-1-3-5-9/h1-8H,(H3,17,18,19,20,21). The van der Waals surface area contributed by atoms with Gasteiger partial charge in [-0.15, -0.1) is 0 Å². The smallest absolute Gasteiger partial charge is 0.325 e. The van der Waals surface area contributed by atoms with E-state index < -0.39 is 0 Å². The molecule has 0 atom stereocenters. The van der Waals surface area contributed by atoms with Crippen molar-refractivity contribution in [3.05, 3.63) is 59.1 Å². The first-order valence-corrected chi connectivity index (χ1v) is 6.76. The number of oxazole rings is 1. The minimum Gasteiger partial charge on any atom is -0.422 e. The lowest BCUT2D eigenvalue weighted by molar-refractivity contribution is 0.0976. The summed E-state index contributed by atoms with van der Waals surface area (Å²) in [6.07, 6.45) is 0. The van der Waals surface area contributed by atoms with Gasteiger partial charge in [-0.05, 0) is 30.3 Å². The fourth-order valence-electron chi connectivity index (χ4n) is 1.85. The summed E-state index contributed by atoms with van der Waals surface area (Å²) in [6.45, 7) is 0. The number of fused-ring (bicyclic) bond motifs is 1. The molecule has 3 rings (SSSR count). The highest BCUT2D eigenvalue weighted by molar-refractivity contribution is 6.31. The van der Waals surface area contributed by atoms with Crippen molar-refractivity contribution in [2.24, 2.45) is 10.7 Å². The molecule has 2 aromatic carbocycles. The summed E-state index contributed by atoms with van der Waals surface area (Å²) < 4.78 is 5.39. The van der Waals surface area contributed by atoms with E-state index in [0.29, 0.717) is 21.7 Å². The quantitative estimate of drug-likeness (QED) is 0.562. The second-order valence-electron chi connectivity index (χ2n) is 4.43. The molecule has 0 aliphatic heterocycles. The first-order chi connectivity index (χ1) is 10.6. The molecule has 1 amide bonds. The van der Waals surface area contributed by atoms with E-state index in [1.165, 1.54) is 0 Å². The van der Waals surface area contributed by atoms with Gasteiger partial charge in [-0.25, -0.2) is 0 Å². The van der Waals surface area contributed by atoms with Crippen molar-refractivity contribution < 1.29 is 9.21 Å². The van der Waals surface area contributed by atoms with Gasteiger partial charge in [0.05, 0.1) is 0 Å². The van der Waals surface area contributed by atoms with E-state index in [1.807, 2.05) is 6.07 Å². The molecule has 0 unspecified atom stereocenters. The lowest BCUT2D eigenvalue weighted by atomic mass is 10.2. The largest absolute Gasteiger partial charge is 0.422 e. The highest BCUT2D eigenvalue weighted by Gasteiger charge is 2.09. The molecule has 0 aliphatic carbocycles. The number of nitrogens with one attached hydrogen (secondary N) is 1. The summed E-state index contributed by atoms with van der Waals surface area (Å²) in [6, 6.07) is 13.7. The van der Waals surface area contributed by atoms with Crippen molar-refractivity contribution in [1.29, 1.82) is 0 Å². The molecule has 0 radical (unpaired) electrons. The van der Waals surface area contributed by atoms with Gasteiger partial charge in [-0.2, -0.15) is 9.98 Å². The normalized spacial score (nSPS) is 11.6. The lowest BCUT2D eigenvalue weighted by Crippen LogP contribution is -2.36. The predicted molar refractivity (Wildman–Crippen MR) is 84.2 cm³/mol. The number of hydrogen-bond donors (Lipinski definition) is 2. The summed E-state index contributed by atoms with van der Waals surface area (Å²) in [7, 11) is 0. The van der Waals surface area contributed by atoms with Gasteiger partial charge < -0.3 is 10.2 Å². The van der Waals surface area contributed by atoms with Gasteiger partial charge in [0.1, 0.15) is 5.52 Å². The number of hydrogen-bond acceptors (Lipinski definition) is 4. The maximum Gasteiger partial charge on any atom is 0.325 e. The van der Waals surface area contributed by atoms with Crippen LogP contribution in [0.25, 0.3) is 11.1 Å². The fourth-order valence-corrected chi connectivity index (χ4v) is 2.01. The summed E-state index contributed by atoms with van der Waals surface area (Å²) in [4.78, 5) is 20.0. The van der Waals surface area contributed by atoms with Crippen LogP contribution >= 0.6 is 11.6 Å². The Hall–Kier alpha value is -2.86. The Bertz CT molecular complexity index is 858. The highest BCUT2D eigenvalue weighted by atomic mass is 35.5. The molecule has 1 heterocycles. The maximum atomic E-state index is 11.9. The van der Waals surface area contributed by atoms with Gasteiger partial charge in [-0.3, -0.25) is 10.1 Å². The van der Waals surface area contributed by atoms with E-state index in [1.54, 1.807) is 42.5 Å². The molecule has 0 spiro atoms. The molecule has 22 heavy (non-hydrogen) atoms. The molecule has 0 aliphatic rings. The van der Waals surface area contributed by atoms with Gasteiger partial charge in [0.15, 0.2) is 5.58 Å². The Labute approximate surface area is 130 Å². The van der Waals surface area contributed by atoms with E-state index in [-0.39, 0.29) is 17.9 Å². The third-order valence-electron chi connectivity index (χ3n) is 2.83. The molecule has 0 saturated heterocycles. The molecular weight excluding hydrogens is 304 g/mol. The van der Waals surface area contributed by atoms with Crippen LogP contribution in [0, 0.1) is 0 Å². The first-order valence-electron chi connectivity index (χ1n) is 6.38. The van der Waals surface area contributed by atoms with Crippen LogP contribution in [0.1, 0.15) is 10.4 Å². The zero-order valence-corrected chi connectivity index (χ0v) is 12.0. The van der Waals surface area contributed by atoms with Gasteiger partial charge in [0, 0.05) is 10.6 Å². The Morgan fingerprint density at radius 3 is 2.77 bits per heavy atom. The van der Waals surface area contributed by atoms with Crippen molar-refractivity contribution in [3.8, 4) is 0 Å². The fraction of sp³-hybridized carbons (Fsp3) is 0. The minimum absolute atomic E-state index is 0.0446. The van der Waals surface area contributed by atoms with Crippen molar-refractivity contribution >= 4 is 40.6 Å². The average Bonchev–Trinajstić information content (AvgIpc) is 2.89. The molecule has 6 nitrogen and oxygen atoms in total. The molecule has 7 heteroatoms. The number of aliphatic imine (C=N–C) groups is 1. The monoisotopic (exact) mass is 314 g/mol. The molecule has 3 N–H and O–H groups in total. The van der Waals surface area contributed by atoms with Crippen LogP contribution < -0.4 is 11.1 Å². The number of nitrogens with two attached hydrogens (primary N) is 1. The van der Waals surface area contributed by atoms with Gasteiger partial charge in [0.2, 0.25) is 5.96 Å². The molecular formula is C15H11ClN4O2. The number of guanidine groups is 1. The number of aromatic nitrogens is 1. The zero-order chi connectivity index (χ0) is 15.5. The number of halogens is 1. The van der Waals surface area contributed by atoms with Crippen LogP contribution in [0.2, 0.25) is 5.02 Å². The Morgan fingerprint density at radius 2 is 2.00 bits per heavy atom. The van der Waals surface area contributed by atoms with Crippen LogP contribution in [-0.4, -0.2) is 16.9 Å². The molecule has 110 valence electrons. The highest BCUT2D eigenvalue weighted by Crippen LogP contribution is 2.23. The summed E-state index contributed by atoms with van der Waals surface area (Å²) >= 11 is 5.87. The van der Waals surface area contributed by atoms with Crippen LogP contribution in [0.4, 0.5) is 6.01 Å². The van der Waals surface area contributed by atoms with E-state index in [9.17, 15) is 4.79 Å². The minimum atomic E-state index is -0.360. The number of carbonyl (C=O) groups is 1. The third-order valence-corrected chi connectivity index (χ3v) is 3.07. The number of benzene rings is 2. The average molecular weight is 315 g/mol. The lowest BCUT2D eigenvalue weighted by Gasteiger charge is -2.02. The number of carbonyl (C=O) groups excluding carboxylic acids is 1. The molecule has 0 fully saturated rings. The molecule has 3 aromatic rings. The number of rotatable bonds is 2. The molecule has 0 saturated carbocycles. The van der Waals surface area contributed by atoms with Crippen molar-refractivity contribution in [1.82, 2.24) is 10.3 Å². The maximum absolute atomic E-state index is 11.9. The van der Waals surface area contributed by atoms with E-state index in [4.69, 9.17) is 21.8 Å². The SMILES string of the molecule is N/C(=N\c1nc2cc(Cl)ccc2o1)NC(=O)c1ccccc1. The van der Waals surface area contributed by atoms with Crippen molar-refractivity contribution in [2.75, 3.05) is 0 Å². The van der Waals surface area contributed by atoms with E-state index in [2.05, 4.69) is 15.3 Å². The molecule has 1 aromatic heterocycles. The summed E-state index contributed by atoms with van der Waals surface area (Å²) in [5.74, 6) is -0.465.